The molecule has 3 rings (SSSR count). The van der Waals surface area contributed by atoms with Crippen molar-refractivity contribution in [2.75, 3.05) is 13.6 Å². The molecule has 0 aromatic heterocycles. The zero-order valence-electron chi connectivity index (χ0n) is 9.86. The summed E-state index contributed by atoms with van der Waals surface area (Å²) >= 11 is 5.96. The van der Waals surface area contributed by atoms with Gasteiger partial charge in [-0.2, -0.15) is 0 Å². The molecule has 3 aliphatic rings. The summed E-state index contributed by atoms with van der Waals surface area (Å²) in [6.07, 6.45) is 6.12. The predicted octanol–water partition coefficient (Wildman–Crippen LogP) is 2.51. The minimum atomic E-state index is 0.369. The number of alkyl halides is 1. The highest BCUT2D eigenvalue weighted by Gasteiger charge is 2.57. The lowest BCUT2D eigenvalue weighted by atomic mass is 9.84. The van der Waals surface area contributed by atoms with Crippen LogP contribution in [-0.4, -0.2) is 29.8 Å². The van der Waals surface area contributed by atoms with Crippen LogP contribution in [-0.2, 0) is 4.79 Å². The van der Waals surface area contributed by atoms with Crippen molar-refractivity contribution in [3.8, 4) is 0 Å². The molecule has 3 fully saturated rings. The first-order valence-corrected chi connectivity index (χ1v) is 6.99. The van der Waals surface area contributed by atoms with Gasteiger partial charge in [0, 0.05) is 24.9 Å². The van der Waals surface area contributed by atoms with E-state index in [1.807, 2.05) is 11.9 Å². The number of halogens is 1. The summed E-state index contributed by atoms with van der Waals surface area (Å²) in [5.74, 6) is 2.96. The summed E-state index contributed by atoms with van der Waals surface area (Å²) in [6.45, 7) is 0.929. The lowest BCUT2D eigenvalue weighted by Gasteiger charge is -2.34. The van der Waals surface area contributed by atoms with Crippen LogP contribution >= 0.6 is 11.6 Å². The highest BCUT2D eigenvalue weighted by molar-refractivity contribution is 6.21. The van der Waals surface area contributed by atoms with Gasteiger partial charge < -0.3 is 4.90 Å². The fraction of sp³-hybridized carbons (Fsp3) is 0.923. The Kier molecular flexibility index (Phi) is 2.66. The second-order valence-electron chi connectivity index (χ2n) is 5.94. The fourth-order valence-electron chi connectivity index (χ4n) is 3.72. The van der Waals surface area contributed by atoms with E-state index >= 15 is 0 Å². The van der Waals surface area contributed by atoms with Gasteiger partial charge in [0.15, 0.2) is 0 Å². The molecule has 3 aliphatic carbocycles. The summed E-state index contributed by atoms with van der Waals surface area (Å²) in [5, 5.41) is 0.369. The molecule has 0 bridgehead atoms. The molecule has 90 valence electrons. The van der Waals surface area contributed by atoms with Crippen LogP contribution in [0, 0.1) is 23.7 Å². The number of hydrogen-bond donors (Lipinski definition) is 0. The van der Waals surface area contributed by atoms with E-state index < -0.39 is 0 Å². The zero-order valence-corrected chi connectivity index (χ0v) is 10.6. The zero-order chi connectivity index (χ0) is 11.3. The van der Waals surface area contributed by atoms with Crippen molar-refractivity contribution >= 4 is 17.5 Å². The van der Waals surface area contributed by atoms with E-state index in [0.717, 1.165) is 31.2 Å². The van der Waals surface area contributed by atoms with Gasteiger partial charge in [0.05, 0.1) is 0 Å². The van der Waals surface area contributed by atoms with Crippen molar-refractivity contribution in [2.24, 2.45) is 23.7 Å². The molecule has 0 heterocycles. The van der Waals surface area contributed by atoms with E-state index in [2.05, 4.69) is 0 Å². The first-order valence-electron chi connectivity index (χ1n) is 6.56. The molecule has 2 nitrogen and oxygen atoms in total. The molecule has 3 heteroatoms. The monoisotopic (exact) mass is 241 g/mol. The Bertz CT molecular complexity index is 290. The first kappa shape index (κ1) is 10.9. The molecular formula is C13H20ClNO. The third-order valence-corrected chi connectivity index (χ3v) is 5.13. The second kappa shape index (κ2) is 3.90. The van der Waals surface area contributed by atoms with Gasteiger partial charge in [-0.1, -0.05) is 6.42 Å². The van der Waals surface area contributed by atoms with Gasteiger partial charge in [0.1, 0.15) is 0 Å². The molecular weight excluding hydrogens is 222 g/mol. The van der Waals surface area contributed by atoms with Crippen LogP contribution in [0.2, 0.25) is 0 Å². The second-order valence-corrected chi connectivity index (χ2v) is 6.56. The van der Waals surface area contributed by atoms with Gasteiger partial charge in [-0.3, -0.25) is 4.79 Å². The molecule has 0 aromatic carbocycles. The molecule has 1 amide bonds. The Morgan fingerprint density at radius 1 is 1.31 bits per heavy atom. The number of rotatable bonds is 3. The summed E-state index contributed by atoms with van der Waals surface area (Å²) in [6, 6.07) is 0. The van der Waals surface area contributed by atoms with Crippen LogP contribution in [0.5, 0.6) is 0 Å². The quantitative estimate of drug-likeness (QED) is 0.696. The lowest BCUT2D eigenvalue weighted by Crippen LogP contribution is -2.39. The highest BCUT2D eigenvalue weighted by atomic mass is 35.5. The third kappa shape index (κ3) is 1.75. The first-order chi connectivity index (χ1) is 7.66. The van der Waals surface area contributed by atoms with Crippen molar-refractivity contribution in [1.29, 1.82) is 0 Å². The molecule has 3 saturated carbocycles. The largest absolute Gasteiger partial charge is 0.345 e. The average Bonchev–Trinajstić information content (AvgIpc) is 2.67. The smallest absolute Gasteiger partial charge is 0.226 e. The molecule has 2 unspecified atom stereocenters. The molecule has 0 aliphatic heterocycles. The summed E-state index contributed by atoms with van der Waals surface area (Å²) < 4.78 is 0. The minimum Gasteiger partial charge on any atom is -0.345 e. The van der Waals surface area contributed by atoms with Gasteiger partial charge in [0.25, 0.3) is 0 Å². The van der Waals surface area contributed by atoms with Crippen LogP contribution in [0.15, 0.2) is 0 Å². The number of carbonyl (C=O) groups is 1. The fourth-order valence-corrected chi connectivity index (χ4v) is 4.23. The Balaban J connectivity index is 1.48. The molecule has 0 N–H and O–H groups in total. The summed E-state index contributed by atoms with van der Waals surface area (Å²) in [7, 11) is 1.97. The number of nitrogens with zero attached hydrogens (tertiary/aromatic N) is 1. The maximum Gasteiger partial charge on any atom is 0.226 e. The Labute approximate surface area is 102 Å². The molecule has 0 radical (unpaired) electrons. The normalized spacial score (nSPS) is 44.8. The van der Waals surface area contributed by atoms with Crippen LogP contribution in [0.25, 0.3) is 0 Å². The minimum absolute atomic E-state index is 0.369. The maximum atomic E-state index is 12.2. The van der Waals surface area contributed by atoms with E-state index in [1.165, 1.54) is 19.3 Å². The van der Waals surface area contributed by atoms with Crippen molar-refractivity contribution in [1.82, 2.24) is 4.90 Å². The summed E-state index contributed by atoms with van der Waals surface area (Å²) in [4.78, 5) is 14.1. The molecule has 0 spiro atoms. The SMILES string of the molecule is CN(CC1CC(Cl)C1)C(=O)C1C2CCCC21. The lowest BCUT2D eigenvalue weighted by molar-refractivity contribution is -0.133. The number of hydrogen-bond acceptors (Lipinski definition) is 1. The van der Waals surface area contributed by atoms with Gasteiger partial charge in [0.2, 0.25) is 5.91 Å². The van der Waals surface area contributed by atoms with E-state index in [-0.39, 0.29) is 0 Å². The van der Waals surface area contributed by atoms with Crippen LogP contribution < -0.4 is 0 Å². The van der Waals surface area contributed by atoms with E-state index in [1.54, 1.807) is 0 Å². The van der Waals surface area contributed by atoms with Gasteiger partial charge in [-0.25, -0.2) is 0 Å². The number of carbonyl (C=O) groups excluding carboxylic acids is 1. The predicted molar refractivity (Wildman–Crippen MR) is 64.3 cm³/mol. The van der Waals surface area contributed by atoms with Crippen molar-refractivity contribution in [3.63, 3.8) is 0 Å². The third-order valence-electron chi connectivity index (χ3n) is 4.78. The van der Waals surface area contributed by atoms with Gasteiger partial charge in [-0.05, 0) is 43.4 Å². The molecule has 0 aromatic rings. The number of fused-ring (bicyclic) bond motifs is 1. The van der Waals surface area contributed by atoms with Crippen molar-refractivity contribution in [3.05, 3.63) is 0 Å². The molecule has 2 atom stereocenters. The van der Waals surface area contributed by atoms with E-state index in [0.29, 0.717) is 23.1 Å². The Hall–Kier alpha value is -0.240. The average molecular weight is 242 g/mol. The van der Waals surface area contributed by atoms with E-state index in [4.69, 9.17) is 11.6 Å². The topological polar surface area (TPSA) is 20.3 Å². The van der Waals surface area contributed by atoms with Gasteiger partial charge in [-0.15, -0.1) is 11.6 Å². The maximum absolute atomic E-state index is 12.2. The van der Waals surface area contributed by atoms with Crippen molar-refractivity contribution < 1.29 is 4.79 Å². The van der Waals surface area contributed by atoms with Crippen LogP contribution in [0.4, 0.5) is 0 Å². The standard InChI is InChI=1S/C13H20ClNO/c1-15(7-8-5-9(14)6-8)13(16)12-10-3-2-4-11(10)12/h8-12H,2-7H2,1H3. The van der Waals surface area contributed by atoms with Crippen LogP contribution in [0.1, 0.15) is 32.1 Å². The Morgan fingerprint density at radius 3 is 2.50 bits per heavy atom. The van der Waals surface area contributed by atoms with Gasteiger partial charge >= 0.3 is 0 Å². The highest BCUT2D eigenvalue weighted by Crippen LogP contribution is 2.58. The number of amides is 1. The molecule has 0 saturated heterocycles. The molecule has 16 heavy (non-hydrogen) atoms. The Morgan fingerprint density at radius 2 is 1.94 bits per heavy atom. The van der Waals surface area contributed by atoms with Crippen LogP contribution in [0.3, 0.4) is 0 Å². The van der Waals surface area contributed by atoms with E-state index in [9.17, 15) is 4.79 Å². The van der Waals surface area contributed by atoms with Crippen molar-refractivity contribution in [2.45, 2.75) is 37.5 Å². The summed E-state index contributed by atoms with van der Waals surface area (Å²) in [5.41, 5.74) is 0.